The van der Waals surface area contributed by atoms with Crippen molar-refractivity contribution >= 4 is 34.5 Å². The third-order valence-electron chi connectivity index (χ3n) is 4.21. The normalized spacial score (nSPS) is 13.5. The molecule has 0 fully saturated rings. The Balaban J connectivity index is 1.85. The van der Waals surface area contributed by atoms with Crippen molar-refractivity contribution in [2.45, 2.75) is 0 Å². The molecule has 8 heteroatoms. The highest BCUT2D eigenvalue weighted by Crippen LogP contribution is 2.29. The molecular weight excluding hydrogens is 340 g/mol. The van der Waals surface area contributed by atoms with Crippen LogP contribution in [0.15, 0.2) is 36.4 Å². The summed E-state index contributed by atoms with van der Waals surface area (Å²) in [6, 6.07) is 10.4. The number of aliphatic carboxylic acids is 2. The molecule has 26 heavy (non-hydrogen) atoms. The van der Waals surface area contributed by atoms with E-state index >= 15 is 0 Å². The Labute approximate surface area is 148 Å². The molecule has 1 aliphatic rings. The number of hydrogen-bond acceptors (Lipinski definition) is 5. The average molecular weight is 356 g/mol. The second-order valence-electron chi connectivity index (χ2n) is 5.97. The molecule has 0 unspecified atom stereocenters. The standard InChI is InChI=1S/C18H16N2O6/c21-14(22)9-19(10-15(23)24)7-8-20-17(25)12-5-1-3-11-4-2-6-13(16(11)12)18(20)26/h1-6H,7-10H2,(H,21,22)(H,23,24). The van der Waals surface area contributed by atoms with Gasteiger partial charge in [0.25, 0.3) is 11.8 Å². The van der Waals surface area contributed by atoms with Crippen LogP contribution in [0.25, 0.3) is 10.8 Å². The van der Waals surface area contributed by atoms with E-state index in [9.17, 15) is 19.2 Å². The van der Waals surface area contributed by atoms with Crippen LogP contribution < -0.4 is 0 Å². The number of carboxylic acids is 2. The first-order chi connectivity index (χ1) is 12.4. The molecule has 2 aromatic rings. The number of nitrogens with zero attached hydrogens (tertiary/aromatic N) is 2. The average Bonchev–Trinajstić information content (AvgIpc) is 2.58. The van der Waals surface area contributed by atoms with Gasteiger partial charge in [0.2, 0.25) is 0 Å². The second-order valence-corrected chi connectivity index (χ2v) is 5.97. The van der Waals surface area contributed by atoms with Crippen molar-refractivity contribution in [1.82, 2.24) is 9.80 Å². The second kappa shape index (κ2) is 6.93. The summed E-state index contributed by atoms with van der Waals surface area (Å²) in [5, 5.41) is 19.2. The molecule has 0 radical (unpaired) electrons. The number of carboxylic acid groups (broad SMARTS) is 2. The highest BCUT2D eigenvalue weighted by molar-refractivity contribution is 6.25. The fourth-order valence-electron chi connectivity index (χ4n) is 3.12. The Kier molecular flexibility index (Phi) is 4.68. The monoisotopic (exact) mass is 356 g/mol. The Bertz CT molecular complexity index is 856. The molecule has 3 rings (SSSR count). The van der Waals surface area contributed by atoms with Gasteiger partial charge in [-0.05, 0) is 17.5 Å². The van der Waals surface area contributed by atoms with Gasteiger partial charge < -0.3 is 10.2 Å². The van der Waals surface area contributed by atoms with Crippen LogP contribution in [0.3, 0.4) is 0 Å². The van der Waals surface area contributed by atoms with E-state index in [1.165, 1.54) is 0 Å². The van der Waals surface area contributed by atoms with E-state index in [2.05, 4.69) is 0 Å². The van der Waals surface area contributed by atoms with Crippen molar-refractivity contribution in [2.24, 2.45) is 0 Å². The Morgan fingerprint density at radius 2 is 1.38 bits per heavy atom. The number of carbonyl (C=O) groups excluding carboxylic acids is 2. The maximum absolute atomic E-state index is 12.7. The Morgan fingerprint density at radius 1 is 0.885 bits per heavy atom. The summed E-state index contributed by atoms with van der Waals surface area (Å²) in [6.45, 7) is -1.12. The molecule has 2 amide bonds. The van der Waals surface area contributed by atoms with E-state index in [0.29, 0.717) is 16.5 Å². The van der Waals surface area contributed by atoms with Crippen molar-refractivity contribution in [3.05, 3.63) is 47.5 Å². The molecule has 0 aliphatic carbocycles. The van der Waals surface area contributed by atoms with Crippen LogP contribution in [0, 0.1) is 0 Å². The quantitative estimate of drug-likeness (QED) is 0.708. The molecule has 2 aromatic carbocycles. The van der Waals surface area contributed by atoms with Gasteiger partial charge in [-0.15, -0.1) is 0 Å². The van der Waals surface area contributed by atoms with Gasteiger partial charge in [0.15, 0.2) is 0 Å². The van der Waals surface area contributed by atoms with E-state index in [1.807, 2.05) is 12.1 Å². The fraction of sp³-hybridized carbons (Fsp3) is 0.222. The topological polar surface area (TPSA) is 115 Å². The number of hydrogen-bond donors (Lipinski definition) is 2. The van der Waals surface area contributed by atoms with E-state index < -0.39 is 36.8 Å². The third-order valence-corrected chi connectivity index (χ3v) is 4.21. The lowest BCUT2D eigenvalue weighted by atomic mass is 9.94. The molecule has 0 spiro atoms. The summed E-state index contributed by atoms with van der Waals surface area (Å²) < 4.78 is 0. The first-order valence-electron chi connectivity index (χ1n) is 7.92. The zero-order valence-electron chi connectivity index (χ0n) is 13.7. The minimum Gasteiger partial charge on any atom is -0.480 e. The molecule has 1 aliphatic heterocycles. The predicted octanol–water partition coefficient (Wildman–Crippen LogP) is 0.907. The highest BCUT2D eigenvalue weighted by Gasteiger charge is 2.32. The van der Waals surface area contributed by atoms with Crippen molar-refractivity contribution < 1.29 is 29.4 Å². The zero-order chi connectivity index (χ0) is 18.8. The molecule has 134 valence electrons. The summed E-state index contributed by atoms with van der Waals surface area (Å²) in [4.78, 5) is 49.4. The van der Waals surface area contributed by atoms with Crippen LogP contribution in [-0.4, -0.2) is 69.9 Å². The molecular formula is C18H16N2O6. The summed E-state index contributed by atoms with van der Waals surface area (Å²) in [5.41, 5.74) is 0.807. The fourth-order valence-corrected chi connectivity index (χ4v) is 3.12. The summed E-state index contributed by atoms with van der Waals surface area (Å²) in [7, 11) is 0. The summed E-state index contributed by atoms with van der Waals surface area (Å²) in [5.74, 6) is -3.30. The highest BCUT2D eigenvalue weighted by atomic mass is 16.4. The number of benzene rings is 2. The van der Waals surface area contributed by atoms with E-state index in [0.717, 1.165) is 15.2 Å². The zero-order valence-corrected chi connectivity index (χ0v) is 13.7. The first-order valence-corrected chi connectivity index (χ1v) is 7.92. The van der Waals surface area contributed by atoms with Gasteiger partial charge in [-0.1, -0.05) is 24.3 Å². The lowest BCUT2D eigenvalue weighted by Crippen LogP contribution is -2.46. The minimum absolute atomic E-state index is 0.0474. The molecule has 0 atom stereocenters. The third kappa shape index (κ3) is 3.27. The lowest BCUT2D eigenvalue weighted by molar-refractivity contribution is -0.141. The Hall–Kier alpha value is -3.26. The van der Waals surface area contributed by atoms with Gasteiger partial charge in [0, 0.05) is 29.6 Å². The van der Waals surface area contributed by atoms with Crippen molar-refractivity contribution in [3.8, 4) is 0 Å². The molecule has 0 bridgehead atoms. The minimum atomic E-state index is -1.18. The van der Waals surface area contributed by atoms with Crippen LogP contribution in [0.2, 0.25) is 0 Å². The molecule has 0 aromatic heterocycles. The largest absolute Gasteiger partial charge is 0.480 e. The van der Waals surface area contributed by atoms with E-state index in [4.69, 9.17) is 10.2 Å². The van der Waals surface area contributed by atoms with Gasteiger partial charge in [0.05, 0.1) is 13.1 Å². The number of rotatable bonds is 7. The summed E-state index contributed by atoms with van der Waals surface area (Å²) in [6.07, 6.45) is 0. The van der Waals surface area contributed by atoms with Gasteiger partial charge in [0.1, 0.15) is 0 Å². The summed E-state index contributed by atoms with van der Waals surface area (Å²) >= 11 is 0. The van der Waals surface area contributed by atoms with Gasteiger partial charge >= 0.3 is 11.9 Å². The van der Waals surface area contributed by atoms with Crippen molar-refractivity contribution in [3.63, 3.8) is 0 Å². The molecule has 8 nitrogen and oxygen atoms in total. The number of carbonyl (C=O) groups is 4. The van der Waals surface area contributed by atoms with E-state index in [1.54, 1.807) is 24.3 Å². The SMILES string of the molecule is O=C(O)CN(CCN1C(=O)c2cccc3cccc(c23)C1=O)CC(=O)O. The molecule has 0 saturated heterocycles. The Morgan fingerprint density at radius 3 is 1.85 bits per heavy atom. The van der Waals surface area contributed by atoms with Crippen molar-refractivity contribution in [1.29, 1.82) is 0 Å². The molecule has 2 N–H and O–H groups in total. The predicted molar refractivity (Wildman–Crippen MR) is 91.0 cm³/mol. The van der Waals surface area contributed by atoms with Crippen LogP contribution in [0.1, 0.15) is 20.7 Å². The lowest BCUT2D eigenvalue weighted by Gasteiger charge is -2.29. The smallest absolute Gasteiger partial charge is 0.317 e. The van der Waals surface area contributed by atoms with Gasteiger partial charge in [-0.3, -0.25) is 29.0 Å². The van der Waals surface area contributed by atoms with Gasteiger partial charge in [-0.25, -0.2) is 0 Å². The van der Waals surface area contributed by atoms with E-state index in [-0.39, 0.29) is 13.1 Å². The van der Waals surface area contributed by atoms with Crippen LogP contribution in [0.4, 0.5) is 0 Å². The van der Waals surface area contributed by atoms with Crippen LogP contribution >= 0.6 is 0 Å². The van der Waals surface area contributed by atoms with Crippen molar-refractivity contribution in [2.75, 3.05) is 26.2 Å². The van der Waals surface area contributed by atoms with Gasteiger partial charge in [-0.2, -0.15) is 0 Å². The van der Waals surface area contributed by atoms with Crippen LogP contribution in [-0.2, 0) is 9.59 Å². The number of imide groups is 1. The number of amides is 2. The first kappa shape index (κ1) is 17.6. The molecule has 0 saturated carbocycles. The maximum atomic E-state index is 12.7. The van der Waals surface area contributed by atoms with Crippen LogP contribution in [0.5, 0.6) is 0 Å². The molecule has 1 heterocycles. The maximum Gasteiger partial charge on any atom is 0.317 e.